The zero-order chi connectivity index (χ0) is 27.7. The summed E-state index contributed by atoms with van der Waals surface area (Å²) in [5, 5.41) is 12.2. The molecule has 2 aromatic carbocycles. The molecule has 2 saturated heterocycles. The van der Waals surface area contributed by atoms with Crippen molar-refractivity contribution in [2.24, 2.45) is 11.3 Å². The molecule has 3 fully saturated rings. The summed E-state index contributed by atoms with van der Waals surface area (Å²) in [5.41, 5.74) is 1.07. The zero-order valence-corrected chi connectivity index (χ0v) is 25.8. The van der Waals surface area contributed by atoms with Gasteiger partial charge in [-0.25, -0.2) is 8.42 Å². The van der Waals surface area contributed by atoms with Gasteiger partial charge < -0.3 is 9.53 Å². The van der Waals surface area contributed by atoms with Gasteiger partial charge in [-0.05, 0) is 73.5 Å². The zero-order valence-electron chi connectivity index (χ0n) is 23.9. The SMILES string of the molecule is Cc1ccc(S(=O)(=O)N2C[C@H]3C[C@@](O[Si](C)(C)C(C)(C)C)([C@@H]2O)[C@H]2N(Cc4ccccc4)CC[C@@]32C)cc1. The van der Waals surface area contributed by atoms with Crippen LogP contribution in [0, 0.1) is 18.3 Å². The van der Waals surface area contributed by atoms with Crippen molar-refractivity contribution in [2.75, 3.05) is 13.1 Å². The van der Waals surface area contributed by atoms with E-state index in [0.29, 0.717) is 13.0 Å². The van der Waals surface area contributed by atoms with Crippen molar-refractivity contribution in [3.8, 4) is 0 Å². The van der Waals surface area contributed by atoms with Crippen LogP contribution in [0.5, 0.6) is 0 Å². The van der Waals surface area contributed by atoms with Crippen molar-refractivity contribution >= 4 is 18.3 Å². The second kappa shape index (κ2) is 9.25. The number of nitrogens with zero attached hydrogens (tertiary/aromatic N) is 2. The fourth-order valence-electron chi connectivity index (χ4n) is 7.01. The van der Waals surface area contributed by atoms with Crippen molar-refractivity contribution in [1.29, 1.82) is 0 Å². The molecule has 5 atom stereocenters. The second-order valence-electron chi connectivity index (χ2n) is 13.6. The van der Waals surface area contributed by atoms with E-state index < -0.39 is 30.2 Å². The molecule has 8 heteroatoms. The highest BCUT2D eigenvalue weighted by molar-refractivity contribution is 7.89. The topological polar surface area (TPSA) is 70.1 Å². The first kappa shape index (κ1) is 28.0. The Hall–Kier alpha value is -1.55. The van der Waals surface area contributed by atoms with E-state index in [9.17, 15) is 13.5 Å². The Bertz CT molecular complexity index is 1280. The summed E-state index contributed by atoms with van der Waals surface area (Å²) in [4.78, 5) is 2.69. The number of aliphatic hydroxyl groups excluding tert-OH is 1. The van der Waals surface area contributed by atoms with E-state index in [-0.39, 0.29) is 27.3 Å². The highest BCUT2D eigenvalue weighted by atomic mass is 32.2. The summed E-state index contributed by atoms with van der Waals surface area (Å²) < 4.78 is 36.7. The summed E-state index contributed by atoms with van der Waals surface area (Å²) in [6.45, 7) is 17.3. The van der Waals surface area contributed by atoms with E-state index in [1.807, 2.05) is 25.1 Å². The fourth-order valence-corrected chi connectivity index (χ4v) is 10.1. The van der Waals surface area contributed by atoms with Crippen molar-refractivity contribution in [1.82, 2.24) is 9.21 Å². The van der Waals surface area contributed by atoms with E-state index in [0.717, 1.165) is 25.1 Å². The predicted octanol–water partition coefficient (Wildman–Crippen LogP) is 5.38. The van der Waals surface area contributed by atoms with Gasteiger partial charge in [0.2, 0.25) is 10.0 Å². The average Bonchev–Trinajstić information content (AvgIpc) is 3.27. The van der Waals surface area contributed by atoms with Crippen molar-refractivity contribution in [3.63, 3.8) is 0 Å². The predicted molar refractivity (Wildman–Crippen MR) is 154 cm³/mol. The number of sulfonamides is 1. The van der Waals surface area contributed by atoms with Crippen molar-refractivity contribution in [2.45, 2.75) is 94.9 Å². The lowest BCUT2D eigenvalue weighted by atomic mass is 9.76. The van der Waals surface area contributed by atoms with Gasteiger partial charge in [0.15, 0.2) is 8.32 Å². The molecule has 0 radical (unpaired) electrons. The molecule has 1 N–H and O–H groups in total. The summed E-state index contributed by atoms with van der Waals surface area (Å²) in [7, 11) is -6.32. The van der Waals surface area contributed by atoms with Crippen LogP contribution in [-0.2, 0) is 21.0 Å². The molecular weight excluding hydrogens is 512 g/mol. The van der Waals surface area contributed by atoms with Crippen LogP contribution in [0.15, 0.2) is 59.5 Å². The smallest absolute Gasteiger partial charge is 0.245 e. The third-order valence-corrected chi connectivity index (χ3v) is 16.4. The van der Waals surface area contributed by atoms with Crippen LogP contribution >= 0.6 is 0 Å². The normalized spacial score (nSPS) is 32.5. The molecule has 0 unspecified atom stereocenters. The molecule has 38 heavy (non-hydrogen) atoms. The van der Waals surface area contributed by atoms with Gasteiger partial charge in [-0.1, -0.05) is 75.7 Å². The van der Waals surface area contributed by atoms with Crippen molar-refractivity contribution < 1.29 is 18.0 Å². The Kier molecular flexibility index (Phi) is 6.81. The van der Waals surface area contributed by atoms with E-state index in [4.69, 9.17) is 4.43 Å². The molecule has 0 aromatic heterocycles. The fraction of sp³-hybridized carbons (Fsp3) is 0.600. The molecule has 6 nitrogen and oxygen atoms in total. The molecule has 0 amide bonds. The number of fused-ring (bicyclic) bond motifs is 5. The number of piperidine rings is 1. The van der Waals surface area contributed by atoms with Gasteiger partial charge in [0.05, 0.1) is 4.90 Å². The van der Waals surface area contributed by atoms with Gasteiger partial charge in [0.25, 0.3) is 0 Å². The molecule has 1 aliphatic carbocycles. The minimum absolute atomic E-state index is 0.0810. The molecular formula is C30H44N2O4SSi. The Morgan fingerprint density at radius 2 is 1.71 bits per heavy atom. The largest absolute Gasteiger partial charge is 0.406 e. The number of rotatable bonds is 6. The van der Waals surface area contributed by atoms with Gasteiger partial charge in [-0.2, -0.15) is 4.31 Å². The lowest BCUT2D eigenvalue weighted by Crippen LogP contribution is -2.68. The number of hydrogen-bond acceptors (Lipinski definition) is 5. The first-order chi connectivity index (χ1) is 17.6. The average molecular weight is 557 g/mol. The molecule has 2 aliphatic heterocycles. The molecule has 2 heterocycles. The number of benzene rings is 2. The van der Waals surface area contributed by atoms with Crippen LogP contribution in [0.2, 0.25) is 18.1 Å². The summed E-state index contributed by atoms with van der Waals surface area (Å²) in [5.74, 6) is 0.0988. The Balaban J connectivity index is 1.62. The lowest BCUT2D eigenvalue weighted by Gasteiger charge is -2.53. The maximum atomic E-state index is 14.0. The first-order valence-electron chi connectivity index (χ1n) is 13.9. The van der Waals surface area contributed by atoms with Gasteiger partial charge in [0, 0.05) is 19.1 Å². The summed E-state index contributed by atoms with van der Waals surface area (Å²) in [6, 6.07) is 17.3. The van der Waals surface area contributed by atoms with Crippen LogP contribution in [0.1, 0.15) is 51.7 Å². The van der Waals surface area contributed by atoms with E-state index in [2.05, 4.69) is 70.0 Å². The molecule has 3 aliphatic rings. The molecule has 2 bridgehead atoms. The van der Waals surface area contributed by atoms with Crippen molar-refractivity contribution in [3.05, 3.63) is 65.7 Å². The quantitative estimate of drug-likeness (QED) is 0.484. The molecule has 2 aromatic rings. The Morgan fingerprint density at radius 3 is 2.32 bits per heavy atom. The van der Waals surface area contributed by atoms with Crippen LogP contribution in [0.4, 0.5) is 0 Å². The number of hydrogen-bond donors (Lipinski definition) is 1. The van der Waals surface area contributed by atoms with Gasteiger partial charge in [0.1, 0.15) is 11.8 Å². The Labute approximate surface area is 230 Å². The highest BCUT2D eigenvalue weighted by Crippen LogP contribution is 2.63. The van der Waals surface area contributed by atoms with Gasteiger partial charge >= 0.3 is 0 Å². The molecule has 1 saturated carbocycles. The third kappa shape index (κ3) is 4.32. The molecule has 0 spiro atoms. The molecule has 5 rings (SSSR count). The number of aryl methyl sites for hydroxylation is 1. The van der Waals surface area contributed by atoms with E-state index in [1.165, 1.54) is 9.87 Å². The van der Waals surface area contributed by atoms with E-state index >= 15 is 0 Å². The van der Waals surface area contributed by atoms with Crippen LogP contribution < -0.4 is 0 Å². The standard InChI is InChI=1S/C30H44N2O4SSi/c1-22-13-15-25(16-14-22)37(34,35)32-21-24-19-30(27(32)33,36-38(6,7)28(2,3)4)26-29(24,5)17-18-31(26)20-23-11-9-8-10-12-23/h8-16,24,26-27,33H,17-21H2,1-7H3/t24-,26+,27+,29+,30+/m1/s1. The van der Waals surface area contributed by atoms with Gasteiger partial charge in [-0.15, -0.1) is 0 Å². The molecule has 208 valence electrons. The Morgan fingerprint density at radius 1 is 1.08 bits per heavy atom. The second-order valence-corrected chi connectivity index (χ2v) is 20.2. The van der Waals surface area contributed by atoms with Crippen LogP contribution in [0.3, 0.4) is 0 Å². The number of aliphatic hydroxyl groups is 1. The maximum Gasteiger partial charge on any atom is 0.245 e. The summed E-state index contributed by atoms with van der Waals surface area (Å²) in [6.07, 6.45) is 0.373. The van der Waals surface area contributed by atoms with E-state index in [1.54, 1.807) is 12.1 Å². The van der Waals surface area contributed by atoms with Crippen LogP contribution in [-0.4, -0.2) is 62.0 Å². The minimum atomic E-state index is -3.92. The third-order valence-electron chi connectivity index (χ3n) is 10.1. The number of likely N-dealkylation sites (tertiary alicyclic amines) is 1. The monoisotopic (exact) mass is 556 g/mol. The highest BCUT2D eigenvalue weighted by Gasteiger charge is 2.73. The summed E-state index contributed by atoms with van der Waals surface area (Å²) >= 11 is 0. The van der Waals surface area contributed by atoms with Crippen LogP contribution in [0.25, 0.3) is 0 Å². The lowest BCUT2D eigenvalue weighted by molar-refractivity contribution is -0.154. The van der Waals surface area contributed by atoms with Gasteiger partial charge in [-0.3, -0.25) is 4.90 Å². The maximum absolute atomic E-state index is 14.0. The first-order valence-corrected chi connectivity index (χ1v) is 18.2. The minimum Gasteiger partial charge on any atom is -0.406 e.